The van der Waals surface area contributed by atoms with Crippen molar-refractivity contribution in [2.45, 2.75) is 46.0 Å². The molecule has 0 aliphatic rings. The maximum absolute atomic E-state index is 11.9. The van der Waals surface area contributed by atoms with Crippen LogP contribution >= 0.6 is 0 Å². The number of hydrogen-bond acceptors (Lipinski definition) is 3. The number of carbonyl (C=O) groups is 2. The van der Waals surface area contributed by atoms with Gasteiger partial charge in [0.05, 0.1) is 0 Å². The van der Waals surface area contributed by atoms with Crippen molar-refractivity contribution in [1.82, 2.24) is 20.9 Å². The Kier molecular flexibility index (Phi) is 12.2. The normalized spacial score (nSPS) is 12.2. The Labute approximate surface area is 181 Å². The Morgan fingerprint density at radius 3 is 2.57 bits per heavy atom. The minimum absolute atomic E-state index is 0.0348. The van der Waals surface area contributed by atoms with E-state index in [1.165, 1.54) is 19.3 Å². The Balaban J connectivity index is 2.69. The summed E-state index contributed by atoms with van der Waals surface area (Å²) in [5.74, 6) is 1.12. The maximum atomic E-state index is 11.9. The number of carbonyl (C=O) groups excluding carboxylic acids is 2. The fraction of sp³-hybridized carbons (Fsp3) is 0.609. The van der Waals surface area contributed by atoms with Crippen LogP contribution in [0.5, 0.6) is 0 Å². The second-order valence-electron chi connectivity index (χ2n) is 7.71. The van der Waals surface area contributed by atoms with Crippen molar-refractivity contribution in [3.8, 4) is 0 Å². The number of rotatable bonds is 12. The molecule has 1 aromatic carbocycles. The molecule has 7 heteroatoms. The van der Waals surface area contributed by atoms with Gasteiger partial charge in [-0.25, -0.2) is 4.99 Å². The third-order valence-corrected chi connectivity index (χ3v) is 5.10. The van der Waals surface area contributed by atoms with Gasteiger partial charge >= 0.3 is 0 Å². The molecule has 0 saturated carbocycles. The van der Waals surface area contributed by atoms with Gasteiger partial charge in [-0.1, -0.05) is 45.2 Å². The molecule has 1 aromatic rings. The molecule has 0 aliphatic carbocycles. The fourth-order valence-corrected chi connectivity index (χ4v) is 2.98. The molecule has 3 N–H and O–H groups in total. The quantitative estimate of drug-likeness (QED) is 0.360. The average molecular weight is 418 g/mol. The molecule has 0 fully saturated rings. The highest BCUT2D eigenvalue weighted by Gasteiger charge is 2.09. The molecule has 1 unspecified atom stereocenters. The van der Waals surface area contributed by atoms with Crippen LogP contribution < -0.4 is 16.0 Å². The van der Waals surface area contributed by atoms with Crippen LogP contribution in [0.3, 0.4) is 0 Å². The molecular weight excluding hydrogens is 378 g/mol. The highest BCUT2D eigenvalue weighted by molar-refractivity contribution is 5.94. The summed E-state index contributed by atoms with van der Waals surface area (Å²) in [6, 6.07) is 7.60. The Hall–Kier alpha value is -2.57. The van der Waals surface area contributed by atoms with Gasteiger partial charge in [0, 0.05) is 39.8 Å². The zero-order valence-electron chi connectivity index (χ0n) is 19.3. The molecule has 0 radical (unpaired) electrons. The fourth-order valence-electron chi connectivity index (χ4n) is 2.98. The Morgan fingerprint density at radius 2 is 1.93 bits per heavy atom. The molecule has 30 heavy (non-hydrogen) atoms. The number of nitrogens with zero attached hydrogens (tertiary/aromatic N) is 2. The first-order valence-electron chi connectivity index (χ1n) is 10.9. The third-order valence-electron chi connectivity index (χ3n) is 5.10. The van der Waals surface area contributed by atoms with Gasteiger partial charge < -0.3 is 20.9 Å². The summed E-state index contributed by atoms with van der Waals surface area (Å²) in [7, 11) is 5.09. The van der Waals surface area contributed by atoms with Crippen LogP contribution in [0.15, 0.2) is 29.3 Å². The summed E-state index contributed by atoms with van der Waals surface area (Å²) >= 11 is 0. The minimum atomic E-state index is -0.0892. The lowest BCUT2D eigenvalue weighted by atomic mass is 9.99. The van der Waals surface area contributed by atoms with E-state index in [-0.39, 0.29) is 18.4 Å². The van der Waals surface area contributed by atoms with E-state index in [0.717, 1.165) is 24.9 Å². The van der Waals surface area contributed by atoms with Gasteiger partial charge in [-0.15, -0.1) is 0 Å². The first kappa shape index (κ1) is 25.5. The first-order chi connectivity index (χ1) is 14.4. The summed E-state index contributed by atoms with van der Waals surface area (Å²) in [6.07, 6.45) is 5.47. The van der Waals surface area contributed by atoms with Gasteiger partial charge in [0.25, 0.3) is 5.91 Å². The molecule has 0 aliphatic heterocycles. The summed E-state index contributed by atoms with van der Waals surface area (Å²) in [4.78, 5) is 29.7. The van der Waals surface area contributed by atoms with Crippen molar-refractivity contribution in [2.24, 2.45) is 10.9 Å². The molecule has 0 heterocycles. The van der Waals surface area contributed by atoms with Gasteiger partial charge in [0.15, 0.2) is 5.96 Å². The summed E-state index contributed by atoms with van der Waals surface area (Å²) < 4.78 is 0. The minimum Gasteiger partial charge on any atom is -0.356 e. The highest BCUT2D eigenvalue weighted by atomic mass is 16.2. The lowest BCUT2D eigenvalue weighted by Gasteiger charge is -2.19. The maximum Gasteiger partial charge on any atom is 0.251 e. The first-order valence-corrected chi connectivity index (χ1v) is 10.9. The molecule has 0 bridgehead atoms. The second kappa shape index (κ2) is 14.4. The molecule has 0 aromatic heterocycles. The third kappa shape index (κ3) is 9.76. The molecule has 2 amide bonds. The van der Waals surface area contributed by atoms with Crippen LogP contribution in [0.4, 0.5) is 0 Å². The van der Waals surface area contributed by atoms with Gasteiger partial charge in [-0.05, 0) is 36.5 Å². The van der Waals surface area contributed by atoms with E-state index in [9.17, 15) is 9.59 Å². The Morgan fingerprint density at radius 1 is 1.17 bits per heavy atom. The van der Waals surface area contributed by atoms with Crippen LogP contribution in [0.1, 0.15) is 55.5 Å². The van der Waals surface area contributed by atoms with Crippen LogP contribution in [0, 0.1) is 5.92 Å². The van der Waals surface area contributed by atoms with Crippen LogP contribution in [0.2, 0.25) is 0 Å². The lowest BCUT2D eigenvalue weighted by Crippen LogP contribution is -2.41. The topological polar surface area (TPSA) is 85.8 Å². The number of unbranched alkanes of at least 4 members (excludes halogenated alkanes) is 1. The van der Waals surface area contributed by atoms with E-state index in [1.54, 1.807) is 32.1 Å². The van der Waals surface area contributed by atoms with Gasteiger partial charge in [-0.3, -0.25) is 9.59 Å². The van der Waals surface area contributed by atoms with E-state index in [0.29, 0.717) is 24.0 Å². The average Bonchev–Trinajstić information content (AvgIpc) is 2.76. The zero-order chi connectivity index (χ0) is 22.4. The van der Waals surface area contributed by atoms with E-state index >= 15 is 0 Å². The molecule has 0 saturated heterocycles. The molecule has 0 spiro atoms. The summed E-state index contributed by atoms with van der Waals surface area (Å²) in [5.41, 5.74) is 1.72. The second-order valence-corrected chi connectivity index (χ2v) is 7.71. The van der Waals surface area contributed by atoms with Crippen LogP contribution in [0.25, 0.3) is 0 Å². The number of aliphatic imine (C=N–C) groups is 1. The van der Waals surface area contributed by atoms with Crippen molar-refractivity contribution in [3.05, 3.63) is 35.4 Å². The van der Waals surface area contributed by atoms with Crippen molar-refractivity contribution in [1.29, 1.82) is 0 Å². The number of benzene rings is 1. The molecule has 168 valence electrons. The molecular formula is C23H39N5O2. The predicted octanol–water partition coefficient (Wildman–Crippen LogP) is 2.43. The number of likely N-dealkylation sites (N-methyl/N-ethyl adjacent to an activating group) is 1. The molecule has 7 nitrogen and oxygen atoms in total. The number of guanidine groups is 1. The van der Waals surface area contributed by atoms with Gasteiger partial charge in [-0.2, -0.15) is 0 Å². The molecule has 1 atom stereocenters. The van der Waals surface area contributed by atoms with Crippen molar-refractivity contribution in [3.63, 3.8) is 0 Å². The lowest BCUT2D eigenvalue weighted by molar-refractivity contribution is -0.127. The van der Waals surface area contributed by atoms with Crippen molar-refractivity contribution >= 4 is 17.8 Å². The van der Waals surface area contributed by atoms with E-state index < -0.39 is 0 Å². The smallest absolute Gasteiger partial charge is 0.251 e. The standard InChI is InChI=1S/C23H39N5O2/c1-6-8-10-18(7-2)16-26-23(27-17-21(29)28(4)5)25-14-13-19-11-9-12-20(15-19)22(30)24-3/h9,11-12,15,18H,6-8,10,13-14,16-17H2,1-5H3,(H,24,30)(H2,25,26,27). The van der Waals surface area contributed by atoms with Gasteiger partial charge in [0.1, 0.15) is 6.54 Å². The van der Waals surface area contributed by atoms with Crippen LogP contribution in [-0.2, 0) is 11.2 Å². The molecule has 1 rings (SSSR count). The summed E-state index contributed by atoms with van der Waals surface area (Å²) in [5, 5.41) is 9.38. The summed E-state index contributed by atoms with van der Waals surface area (Å²) in [6.45, 7) is 6.03. The largest absolute Gasteiger partial charge is 0.356 e. The predicted molar refractivity (Wildman–Crippen MR) is 124 cm³/mol. The van der Waals surface area contributed by atoms with E-state index in [4.69, 9.17) is 0 Å². The number of amides is 2. The zero-order valence-corrected chi connectivity index (χ0v) is 19.3. The van der Waals surface area contributed by atoms with Crippen molar-refractivity contribution in [2.75, 3.05) is 40.8 Å². The monoisotopic (exact) mass is 417 g/mol. The van der Waals surface area contributed by atoms with E-state index in [1.807, 2.05) is 18.2 Å². The number of nitrogens with one attached hydrogen (secondary N) is 3. The SMILES string of the molecule is CCCCC(CC)CNC(=NCC(=O)N(C)C)NCCc1cccc(C(=O)NC)c1. The van der Waals surface area contributed by atoms with Crippen molar-refractivity contribution < 1.29 is 9.59 Å². The van der Waals surface area contributed by atoms with E-state index in [2.05, 4.69) is 34.8 Å². The highest BCUT2D eigenvalue weighted by Crippen LogP contribution is 2.11. The van der Waals surface area contributed by atoms with Crippen LogP contribution in [-0.4, -0.2) is 63.5 Å². The Bertz CT molecular complexity index is 688. The van der Waals surface area contributed by atoms with Gasteiger partial charge in [0.2, 0.25) is 5.91 Å². The number of hydrogen-bond donors (Lipinski definition) is 3.